The minimum absolute atomic E-state index is 0.234. The summed E-state index contributed by atoms with van der Waals surface area (Å²) in [5.41, 5.74) is 1.83. The van der Waals surface area contributed by atoms with Gasteiger partial charge >= 0.3 is 0 Å². The standard InChI is InChI=1S/C29H25N5O3S/c35-29(13-4-15-30-19-29)14-11-21-7-9-26-25(17-21)28(32-20-31-26)33-23-8-10-27-22(18-23)12-16-34(27)38(36,37)24-5-2-1-3-6-24/h1-3,5-10,12,16-18,20,30,35H,4,13,15,19H2,(H,31,32,33). The average molecular weight is 524 g/mol. The number of β-amino-alcohol motifs (C(OH)–C–C–N with tert-alkyl or cyclic N) is 1. The molecule has 1 aliphatic rings. The number of fused-ring (bicyclic) bond motifs is 2. The van der Waals surface area contributed by atoms with Crippen molar-refractivity contribution in [1.29, 1.82) is 0 Å². The molecule has 0 bridgehead atoms. The van der Waals surface area contributed by atoms with Gasteiger partial charge in [-0.1, -0.05) is 30.0 Å². The predicted molar refractivity (Wildman–Crippen MR) is 148 cm³/mol. The molecule has 2 aromatic heterocycles. The van der Waals surface area contributed by atoms with E-state index in [2.05, 4.69) is 32.4 Å². The first-order valence-electron chi connectivity index (χ1n) is 12.3. The fourth-order valence-electron chi connectivity index (χ4n) is 4.67. The molecule has 0 spiro atoms. The van der Waals surface area contributed by atoms with Crippen LogP contribution in [0.2, 0.25) is 0 Å². The van der Waals surface area contributed by atoms with Gasteiger partial charge in [0.1, 0.15) is 17.7 Å². The topological polar surface area (TPSA) is 109 Å². The lowest BCUT2D eigenvalue weighted by atomic mass is 9.94. The molecule has 9 heteroatoms. The average Bonchev–Trinajstić information content (AvgIpc) is 3.37. The van der Waals surface area contributed by atoms with E-state index in [1.165, 1.54) is 10.3 Å². The van der Waals surface area contributed by atoms with Crippen molar-refractivity contribution in [2.75, 3.05) is 18.4 Å². The van der Waals surface area contributed by atoms with Crippen molar-refractivity contribution >= 4 is 43.3 Å². The number of piperidine rings is 1. The molecule has 3 N–H and O–H groups in total. The highest BCUT2D eigenvalue weighted by Gasteiger charge is 2.26. The van der Waals surface area contributed by atoms with E-state index in [1.807, 2.05) is 30.3 Å². The first-order chi connectivity index (χ1) is 18.4. The number of nitrogens with zero attached hydrogens (tertiary/aromatic N) is 3. The molecule has 0 amide bonds. The van der Waals surface area contributed by atoms with Gasteiger partial charge in [0.15, 0.2) is 0 Å². The van der Waals surface area contributed by atoms with Crippen molar-refractivity contribution in [2.45, 2.75) is 23.3 Å². The molecule has 1 fully saturated rings. The first kappa shape index (κ1) is 24.1. The molecular formula is C29H25N5O3S. The van der Waals surface area contributed by atoms with Gasteiger partial charge in [0.2, 0.25) is 0 Å². The van der Waals surface area contributed by atoms with Crippen LogP contribution in [0.25, 0.3) is 21.8 Å². The van der Waals surface area contributed by atoms with Crippen molar-refractivity contribution in [3.8, 4) is 11.8 Å². The molecule has 1 unspecified atom stereocenters. The van der Waals surface area contributed by atoms with Crippen LogP contribution in [-0.4, -0.2) is 46.2 Å². The lowest BCUT2D eigenvalue weighted by molar-refractivity contribution is 0.0736. The normalized spacial score (nSPS) is 17.7. The van der Waals surface area contributed by atoms with E-state index in [-0.39, 0.29) is 4.90 Å². The molecule has 190 valence electrons. The Morgan fingerprint density at radius 3 is 2.71 bits per heavy atom. The minimum Gasteiger partial charge on any atom is -0.376 e. The highest BCUT2D eigenvalue weighted by atomic mass is 32.2. The molecule has 0 saturated carbocycles. The largest absolute Gasteiger partial charge is 0.376 e. The summed E-state index contributed by atoms with van der Waals surface area (Å²) < 4.78 is 27.6. The maximum Gasteiger partial charge on any atom is 0.268 e. The van der Waals surface area contributed by atoms with E-state index in [9.17, 15) is 13.5 Å². The Morgan fingerprint density at radius 2 is 1.89 bits per heavy atom. The molecule has 6 rings (SSSR count). The summed E-state index contributed by atoms with van der Waals surface area (Å²) in [5.74, 6) is 6.74. The van der Waals surface area contributed by atoms with E-state index in [0.717, 1.165) is 40.5 Å². The molecule has 0 aliphatic carbocycles. The lowest BCUT2D eigenvalue weighted by Crippen LogP contribution is -2.44. The van der Waals surface area contributed by atoms with Crippen molar-refractivity contribution in [3.63, 3.8) is 0 Å². The van der Waals surface area contributed by atoms with Gasteiger partial charge in [-0.05, 0) is 74.0 Å². The number of nitrogens with one attached hydrogen (secondary N) is 2. The summed E-state index contributed by atoms with van der Waals surface area (Å²) in [7, 11) is -3.70. The summed E-state index contributed by atoms with van der Waals surface area (Å²) in [5, 5.41) is 18.8. The predicted octanol–water partition coefficient (Wildman–Crippen LogP) is 4.03. The monoisotopic (exact) mass is 523 g/mol. The fraction of sp³-hybridized carbons (Fsp3) is 0.172. The van der Waals surface area contributed by atoms with Crippen LogP contribution < -0.4 is 10.6 Å². The number of anilines is 2. The Labute approximate surface area is 220 Å². The van der Waals surface area contributed by atoms with Crippen molar-refractivity contribution in [2.24, 2.45) is 0 Å². The molecule has 8 nitrogen and oxygen atoms in total. The molecule has 3 heterocycles. The quantitative estimate of drug-likeness (QED) is 0.305. The van der Waals surface area contributed by atoms with Gasteiger partial charge in [0.25, 0.3) is 10.0 Å². The zero-order valence-electron chi connectivity index (χ0n) is 20.4. The van der Waals surface area contributed by atoms with Crippen molar-refractivity contribution in [1.82, 2.24) is 19.3 Å². The number of aliphatic hydroxyl groups is 1. The second kappa shape index (κ2) is 9.58. The first-order valence-corrected chi connectivity index (χ1v) is 13.8. The van der Waals surface area contributed by atoms with Crippen LogP contribution >= 0.6 is 0 Å². The van der Waals surface area contributed by atoms with Crippen LogP contribution in [0.15, 0.2) is 90.2 Å². The summed E-state index contributed by atoms with van der Waals surface area (Å²) in [6.45, 7) is 1.35. The van der Waals surface area contributed by atoms with Gasteiger partial charge in [-0.3, -0.25) is 0 Å². The van der Waals surface area contributed by atoms with Crippen molar-refractivity contribution < 1.29 is 13.5 Å². The van der Waals surface area contributed by atoms with E-state index < -0.39 is 15.6 Å². The molecule has 1 aliphatic heterocycles. The molecule has 38 heavy (non-hydrogen) atoms. The Balaban J connectivity index is 1.31. The van der Waals surface area contributed by atoms with Crippen LogP contribution in [0.5, 0.6) is 0 Å². The van der Waals surface area contributed by atoms with E-state index in [0.29, 0.717) is 24.3 Å². The van der Waals surface area contributed by atoms with Gasteiger partial charge in [-0.2, -0.15) is 0 Å². The highest BCUT2D eigenvalue weighted by molar-refractivity contribution is 7.90. The summed E-state index contributed by atoms with van der Waals surface area (Å²) in [4.78, 5) is 9.04. The van der Waals surface area contributed by atoms with Gasteiger partial charge in [-0.25, -0.2) is 22.4 Å². The zero-order valence-corrected chi connectivity index (χ0v) is 21.2. The van der Waals surface area contributed by atoms with Gasteiger partial charge in [0.05, 0.1) is 15.9 Å². The minimum atomic E-state index is -3.70. The second-order valence-electron chi connectivity index (χ2n) is 9.34. The number of hydrogen-bond donors (Lipinski definition) is 3. The molecular weight excluding hydrogens is 498 g/mol. The van der Waals surface area contributed by atoms with Crippen LogP contribution in [0.1, 0.15) is 18.4 Å². The number of aromatic nitrogens is 3. The third-order valence-electron chi connectivity index (χ3n) is 6.65. The number of rotatable bonds is 4. The van der Waals surface area contributed by atoms with Crippen molar-refractivity contribution in [3.05, 3.63) is 90.9 Å². The van der Waals surface area contributed by atoms with Crippen LogP contribution in [-0.2, 0) is 10.0 Å². The van der Waals surface area contributed by atoms with E-state index in [1.54, 1.807) is 48.7 Å². The van der Waals surface area contributed by atoms with Gasteiger partial charge in [-0.15, -0.1) is 0 Å². The molecule has 5 aromatic rings. The molecule has 1 saturated heterocycles. The molecule has 1 atom stereocenters. The van der Waals surface area contributed by atoms with Crippen LogP contribution in [0.3, 0.4) is 0 Å². The summed E-state index contributed by atoms with van der Waals surface area (Å²) in [6, 6.07) is 21.3. The van der Waals surface area contributed by atoms with Crippen LogP contribution in [0, 0.1) is 11.8 Å². The van der Waals surface area contributed by atoms with Crippen LogP contribution in [0.4, 0.5) is 11.5 Å². The highest BCUT2D eigenvalue weighted by Crippen LogP contribution is 2.28. The third kappa shape index (κ3) is 4.61. The smallest absolute Gasteiger partial charge is 0.268 e. The van der Waals surface area contributed by atoms with E-state index in [4.69, 9.17) is 0 Å². The lowest BCUT2D eigenvalue weighted by Gasteiger charge is -2.27. The SMILES string of the molecule is O=S(=O)(c1ccccc1)n1ccc2cc(Nc3ncnc4ccc(C#CC5(O)CCCNC5)cc34)ccc21. The number of hydrogen-bond acceptors (Lipinski definition) is 7. The van der Waals surface area contributed by atoms with Gasteiger partial charge in [0, 0.05) is 34.8 Å². The summed E-state index contributed by atoms with van der Waals surface area (Å²) >= 11 is 0. The fourth-order valence-corrected chi connectivity index (χ4v) is 6.04. The van der Waals surface area contributed by atoms with E-state index >= 15 is 0 Å². The Bertz CT molecular complexity index is 1820. The Morgan fingerprint density at radius 1 is 1.03 bits per heavy atom. The zero-order chi connectivity index (χ0) is 26.2. The maximum absolute atomic E-state index is 13.1. The number of benzene rings is 3. The molecule has 3 aromatic carbocycles. The Kier molecular flexibility index (Phi) is 6.08. The van der Waals surface area contributed by atoms with Gasteiger partial charge < -0.3 is 15.7 Å². The Hall–Kier alpha value is -4.23. The third-order valence-corrected chi connectivity index (χ3v) is 8.36. The second-order valence-corrected chi connectivity index (χ2v) is 11.2. The maximum atomic E-state index is 13.1. The molecule has 0 radical (unpaired) electrons. The summed E-state index contributed by atoms with van der Waals surface area (Å²) in [6.07, 6.45) is 4.59.